The van der Waals surface area contributed by atoms with Crippen molar-refractivity contribution < 1.29 is 71.9 Å². The Labute approximate surface area is 114 Å². The predicted octanol–water partition coefficient (Wildman–Crippen LogP) is -2.39. The molecule has 0 amide bonds. The maximum atomic E-state index is 11.1. The van der Waals surface area contributed by atoms with Crippen LogP contribution in [0.4, 0.5) is 0 Å². The molecule has 1 rings (SSSR count). The van der Waals surface area contributed by atoms with Gasteiger partial charge in [0.05, 0.1) is 6.42 Å². The van der Waals surface area contributed by atoms with Gasteiger partial charge in [-0.25, -0.2) is 9.59 Å². The smallest absolute Gasteiger partial charge is 0.345 e. The van der Waals surface area contributed by atoms with Crippen molar-refractivity contribution in [2.75, 3.05) is 6.79 Å². The van der Waals surface area contributed by atoms with Gasteiger partial charge in [0.25, 0.3) is 0 Å². The third kappa shape index (κ3) is 2.97. The molecule has 16 heavy (non-hydrogen) atoms. The van der Waals surface area contributed by atoms with Crippen LogP contribution in [0.1, 0.15) is 6.42 Å². The zero-order valence-electron chi connectivity index (χ0n) is 7.95. The summed E-state index contributed by atoms with van der Waals surface area (Å²) >= 11 is 0. The first-order chi connectivity index (χ1) is 6.88. The molecule has 8 nitrogen and oxygen atoms in total. The fourth-order valence-electron chi connectivity index (χ4n) is 1.05. The minimum absolute atomic E-state index is 0. The van der Waals surface area contributed by atoms with Gasteiger partial charge < -0.3 is 24.8 Å². The van der Waals surface area contributed by atoms with E-state index in [1.807, 2.05) is 0 Å². The van der Waals surface area contributed by atoms with Gasteiger partial charge in [0.15, 0.2) is 6.10 Å². The molecule has 1 aliphatic rings. The van der Waals surface area contributed by atoms with E-state index in [1.165, 1.54) is 0 Å². The second-order valence-electron chi connectivity index (χ2n) is 2.91. The van der Waals surface area contributed by atoms with Crippen molar-refractivity contribution >= 4 is 17.9 Å². The van der Waals surface area contributed by atoms with Crippen molar-refractivity contribution in [3.05, 3.63) is 0 Å². The summed E-state index contributed by atoms with van der Waals surface area (Å²) in [5.74, 6) is -4.30. The van der Waals surface area contributed by atoms with Gasteiger partial charge in [-0.15, -0.1) is 0 Å². The van der Waals surface area contributed by atoms with Crippen LogP contribution in [0.2, 0.25) is 0 Å². The number of carboxylic acid groups (broad SMARTS) is 1. The number of aliphatic hydroxyl groups excluding tert-OH is 1. The summed E-state index contributed by atoms with van der Waals surface area (Å²) in [5, 5.41) is 27.1. The van der Waals surface area contributed by atoms with Crippen LogP contribution in [-0.4, -0.2) is 51.7 Å². The van der Waals surface area contributed by atoms with Crippen molar-refractivity contribution in [2.45, 2.75) is 18.1 Å². The van der Waals surface area contributed by atoms with Crippen molar-refractivity contribution in [2.24, 2.45) is 0 Å². The van der Waals surface area contributed by atoms with Crippen LogP contribution in [0.3, 0.4) is 0 Å². The van der Waals surface area contributed by atoms with E-state index in [4.69, 9.17) is 5.11 Å². The summed E-state index contributed by atoms with van der Waals surface area (Å²) in [6.07, 6.45) is -3.43. The zero-order chi connectivity index (χ0) is 11.6. The molecule has 1 fully saturated rings. The zero-order valence-corrected chi connectivity index (χ0v) is 10.8. The third-order valence-corrected chi connectivity index (χ3v) is 1.84. The molecular formula is C7H8O8Y. The van der Waals surface area contributed by atoms with Gasteiger partial charge in [0, 0.05) is 32.7 Å². The third-order valence-electron chi connectivity index (χ3n) is 1.84. The normalized spacial score (nSPS) is 29.5. The number of carbonyl (C=O) groups is 3. The average Bonchev–Trinajstić information content (AvgIpc) is 2.21. The first-order valence-electron chi connectivity index (χ1n) is 3.84. The van der Waals surface area contributed by atoms with E-state index in [0.717, 1.165) is 0 Å². The maximum Gasteiger partial charge on any atom is 0.345 e. The number of carboxylic acids is 1. The topological polar surface area (TPSA) is 130 Å². The number of cyclic esters (lactones) is 2. The van der Waals surface area contributed by atoms with E-state index < -0.39 is 42.8 Å². The summed E-state index contributed by atoms with van der Waals surface area (Å²) in [4.78, 5) is 32.4. The van der Waals surface area contributed by atoms with E-state index in [0.29, 0.717) is 0 Å². The monoisotopic (exact) mass is 309 g/mol. The molecule has 1 heterocycles. The molecule has 0 aromatic carbocycles. The summed E-state index contributed by atoms with van der Waals surface area (Å²) in [6, 6.07) is 0. The SMILES string of the molecule is O=C(O)CC1(O)C(=O)OCOC(=O)C1O.[Y]. The van der Waals surface area contributed by atoms with Crippen molar-refractivity contribution in [1.29, 1.82) is 0 Å². The van der Waals surface area contributed by atoms with Crippen LogP contribution >= 0.6 is 0 Å². The second-order valence-corrected chi connectivity index (χ2v) is 2.91. The molecule has 0 aliphatic carbocycles. The molecule has 1 saturated heterocycles. The Bertz CT molecular complexity index is 316. The number of hydrogen-bond donors (Lipinski definition) is 3. The number of aliphatic carboxylic acids is 1. The Balaban J connectivity index is 0.00000225. The molecule has 0 aromatic heterocycles. The van der Waals surface area contributed by atoms with Gasteiger partial charge >= 0.3 is 17.9 Å². The Morgan fingerprint density at radius 3 is 2.50 bits per heavy atom. The number of ether oxygens (including phenoxy) is 2. The Kier molecular flexibility index (Phi) is 5.47. The van der Waals surface area contributed by atoms with Crippen molar-refractivity contribution in [3.63, 3.8) is 0 Å². The average molecular weight is 309 g/mol. The van der Waals surface area contributed by atoms with Gasteiger partial charge in [-0.3, -0.25) is 4.79 Å². The molecule has 2 unspecified atom stereocenters. The van der Waals surface area contributed by atoms with E-state index in [2.05, 4.69) is 9.47 Å². The predicted molar refractivity (Wildman–Crippen MR) is 40.3 cm³/mol. The second kappa shape index (κ2) is 5.67. The van der Waals surface area contributed by atoms with E-state index in [1.54, 1.807) is 0 Å². The number of aliphatic hydroxyl groups is 2. The molecule has 0 aromatic rings. The van der Waals surface area contributed by atoms with E-state index >= 15 is 0 Å². The Hall–Kier alpha value is -0.566. The fraction of sp³-hybridized carbons (Fsp3) is 0.571. The molecule has 2 atom stereocenters. The van der Waals surface area contributed by atoms with Gasteiger partial charge in [-0.05, 0) is 0 Å². The maximum absolute atomic E-state index is 11.1. The van der Waals surface area contributed by atoms with Gasteiger partial charge in [-0.2, -0.15) is 0 Å². The molecule has 0 spiro atoms. The quantitative estimate of drug-likeness (QED) is 0.482. The Morgan fingerprint density at radius 2 is 2.00 bits per heavy atom. The van der Waals surface area contributed by atoms with Gasteiger partial charge in [-0.1, -0.05) is 0 Å². The summed E-state index contributed by atoms with van der Waals surface area (Å²) < 4.78 is 8.38. The van der Waals surface area contributed by atoms with E-state index in [9.17, 15) is 24.6 Å². The van der Waals surface area contributed by atoms with Crippen molar-refractivity contribution in [3.8, 4) is 0 Å². The van der Waals surface area contributed by atoms with Crippen LogP contribution in [0, 0.1) is 0 Å². The fourth-order valence-corrected chi connectivity index (χ4v) is 1.05. The number of carbonyl (C=O) groups excluding carboxylic acids is 2. The minimum Gasteiger partial charge on any atom is -0.481 e. The van der Waals surface area contributed by atoms with Crippen molar-refractivity contribution in [1.82, 2.24) is 0 Å². The van der Waals surface area contributed by atoms with Crippen LogP contribution in [0.15, 0.2) is 0 Å². The minimum atomic E-state index is -2.81. The number of rotatable bonds is 2. The molecule has 9 heteroatoms. The van der Waals surface area contributed by atoms with Crippen LogP contribution in [0.5, 0.6) is 0 Å². The van der Waals surface area contributed by atoms with Gasteiger partial charge in [0.2, 0.25) is 12.4 Å². The largest absolute Gasteiger partial charge is 0.481 e. The number of hydrogen-bond acceptors (Lipinski definition) is 7. The van der Waals surface area contributed by atoms with Crippen LogP contribution in [0.25, 0.3) is 0 Å². The number of esters is 2. The molecular weight excluding hydrogens is 301 g/mol. The molecule has 1 radical (unpaired) electrons. The van der Waals surface area contributed by atoms with E-state index in [-0.39, 0.29) is 32.7 Å². The Morgan fingerprint density at radius 1 is 1.44 bits per heavy atom. The first kappa shape index (κ1) is 15.4. The molecule has 0 bridgehead atoms. The molecule has 1 aliphatic heterocycles. The van der Waals surface area contributed by atoms with Crippen LogP contribution < -0.4 is 0 Å². The molecule has 3 N–H and O–H groups in total. The molecule has 87 valence electrons. The van der Waals surface area contributed by atoms with Crippen LogP contribution in [-0.2, 0) is 56.6 Å². The summed E-state index contributed by atoms with van der Waals surface area (Å²) in [5.41, 5.74) is -2.81. The standard InChI is InChI=1S/C7H8O8.Y/c8-3(9)1-7(13)4(10)5(11)14-2-15-6(7)12;/h4,10,13H,1-2H2,(H,8,9);. The molecule has 0 saturated carbocycles. The first-order valence-corrected chi connectivity index (χ1v) is 3.84. The van der Waals surface area contributed by atoms with Gasteiger partial charge in [0.1, 0.15) is 0 Å². The summed E-state index contributed by atoms with van der Waals surface area (Å²) in [6.45, 7) is -0.767. The summed E-state index contributed by atoms with van der Waals surface area (Å²) in [7, 11) is 0.